The van der Waals surface area contributed by atoms with Crippen LogP contribution in [0, 0.1) is 0 Å². The van der Waals surface area contributed by atoms with Crippen LogP contribution in [0.25, 0.3) is 0 Å². The number of fused-ring (bicyclic) bond motifs is 1. The molecule has 0 aliphatic carbocycles. The van der Waals surface area contributed by atoms with Gasteiger partial charge in [-0.05, 0) is 19.1 Å². The zero-order valence-corrected chi connectivity index (χ0v) is 5.65. The van der Waals surface area contributed by atoms with E-state index in [9.17, 15) is 0 Å². The Morgan fingerprint density at radius 2 is 2.60 bits per heavy atom. The summed E-state index contributed by atoms with van der Waals surface area (Å²) in [6.07, 6.45) is 5.73. The summed E-state index contributed by atoms with van der Waals surface area (Å²) < 4.78 is 0. The van der Waals surface area contributed by atoms with E-state index in [1.54, 1.807) is 6.21 Å². The monoisotopic (exact) mass is 136 g/mol. The van der Waals surface area contributed by atoms with Gasteiger partial charge >= 0.3 is 0 Å². The van der Waals surface area contributed by atoms with Gasteiger partial charge in [0.1, 0.15) is 6.17 Å². The largest absolute Gasteiger partial charge is 0.284 e. The van der Waals surface area contributed by atoms with E-state index >= 15 is 0 Å². The highest BCUT2D eigenvalue weighted by atomic mass is 15.6. The maximum absolute atomic E-state index is 4.10. The second kappa shape index (κ2) is 1.83. The van der Waals surface area contributed by atoms with Crippen molar-refractivity contribution in [3.63, 3.8) is 0 Å². The average molecular weight is 136 g/mol. The fourth-order valence-electron chi connectivity index (χ4n) is 0.976. The zero-order chi connectivity index (χ0) is 6.97. The van der Waals surface area contributed by atoms with Crippen molar-refractivity contribution in [2.45, 2.75) is 13.1 Å². The number of nitrogens with one attached hydrogen (secondary N) is 1. The predicted molar refractivity (Wildman–Crippen MR) is 39.5 cm³/mol. The highest BCUT2D eigenvalue weighted by Gasteiger charge is 2.21. The van der Waals surface area contributed by atoms with E-state index in [1.165, 1.54) is 0 Å². The summed E-state index contributed by atoms with van der Waals surface area (Å²) in [5.41, 5.74) is 2.91. The Morgan fingerprint density at radius 3 is 3.40 bits per heavy atom. The van der Waals surface area contributed by atoms with Crippen LogP contribution in [0.2, 0.25) is 0 Å². The third-order valence-corrected chi connectivity index (χ3v) is 1.49. The van der Waals surface area contributed by atoms with Crippen LogP contribution in [-0.2, 0) is 0 Å². The third-order valence-electron chi connectivity index (χ3n) is 1.49. The molecule has 0 radical (unpaired) electrons. The summed E-state index contributed by atoms with van der Waals surface area (Å²) >= 11 is 0. The zero-order valence-electron chi connectivity index (χ0n) is 5.65. The van der Waals surface area contributed by atoms with Crippen LogP contribution in [-0.4, -0.2) is 23.2 Å². The topological polar surface area (TPSA) is 40.0 Å². The van der Waals surface area contributed by atoms with Gasteiger partial charge in [0, 0.05) is 6.21 Å². The van der Waals surface area contributed by atoms with Crippen LogP contribution in [0.3, 0.4) is 0 Å². The molecule has 0 aromatic heterocycles. The van der Waals surface area contributed by atoms with Crippen LogP contribution < -0.4 is 5.43 Å². The maximum Gasteiger partial charge on any atom is 0.170 e. The highest BCUT2D eigenvalue weighted by Crippen LogP contribution is 2.08. The molecule has 0 bridgehead atoms. The molecule has 0 aromatic carbocycles. The molecule has 0 saturated carbocycles. The van der Waals surface area contributed by atoms with Crippen LogP contribution in [0.1, 0.15) is 6.92 Å². The van der Waals surface area contributed by atoms with Gasteiger partial charge in [0.25, 0.3) is 0 Å². The molecular formula is C6H8N4. The summed E-state index contributed by atoms with van der Waals surface area (Å²) in [7, 11) is 0. The van der Waals surface area contributed by atoms with Crippen LogP contribution in [0.4, 0.5) is 0 Å². The summed E-state index contributed by atoms with van der Waals surface area (Å²) in [5.74, 6) is 0.884. The minimum atomic E-state index is 0.191. The van der Waals surface area contributed by atoms with E-state index in [0.29, 0.717) is 0 Å². The molecule has 10 heavy (non-hydrogen) atoms. The van der Waals surface area contributed by atoms with Crippen molar-refractivity contribution in [1.82, 2.24) is 10.4 Å². The normalized spacial score (nSPS) is 27.9. The van der Waals surface area contributed by atoms with E-state index in [2.05, 4.69) is 15.6 Å². The Balaban J connectivity index is 2.30. The molecule has 0 saturated heterocycles. The Hall–Kier alpha value is -1.32. The lowest BCUT2D eigenvalue weighted by molar-refractivity contribution is 0.338. The third kappa shape index (κ3) is 0.618. The van der Waals surface area contributed by atoms with Gasteiger partial charge in [-0.3, -0.25) is 5.43 Å². The Kier molecular flexibility index (Phi) is 1.00. The molecule has 2 rings (SSSR count). The molecule has 2 aliphatic heterocycles. The Morgan fingerprint density at radius 1 is 1.70 bits per heavy atom. The molecule has 4 nitrogen and oxygen atoms in total. The molecule has 1 N–H and O–H groups in total. The van der Waals surface area contributed by atoms with Crippen molar-refractivity contribution in [2.75, 3.05) is 0 Å². The number of amidine groups is 1. The molecule has 0 amide bonds. The summed E-state index contributed by atoms with van der Waals surface area (Å²) in [6, 6.07) is 0. The van der Waals surface area contributed by atoms with E-state index in [4.69, 9.17) is 0 Å². The van der Waals surface area contributed by atoms with Crippen molar-refractivity contribution < 1.29 is 0 Å². The van der Waals surface area contributed by atoms with Gasteiger partial charge in [0.15, 0.2) is 5.84 Å². The van der Waals surface area contributed by atoms with Crippen LogP contribution in [0.5, 0.6) is 0 Å². The molecular weight excluding hydrogens is 128 g/mol. The summed E-state index contributed by atoms with van der Waals surface area (Å²) in [4.78, 5) is 0. The maximum atomic E-state index is 4.10. The number of rotatable bonds is 0. The fourth-order valence-corrected chi connectivity index (χ4v) is 0.976. The lowest BCUT2D eigenvalue weighted by Gasteiger charge is -2.17. The number of nitrogens with zero attached hydrogens (tertiary/aromatic N) is 3. The lowest BCUT2D eigenvalue weighted by Crippen LogP contribution is -2.33. The Labute approximate surface area is 58.9 Å². The second-order valence-electron chi connectivity index (χ2n) is 2.24. The average Bonchev–Trinajstić information content (AvgIpc) is 2.34. The van der Waals surface area contributed by atoms with E-state index in [0.717, 1.165) is 5.84 Å². The first-order valence-corrected chi connectivity index (χ1v) is 3.21. The first kappa shape index (κ1) is 5.46. The molecule has 52 valence electrons. The van der Waals surface area contributed by atoms with Gasteiger partial charge < -0.3 is 0 Å². The minimum Gasteiger partial charge on any atom is -0.284 e. The quantitative estimate of drug-likeness (QED) is 0.513. The van der Waals surface area contributed by atoms with Crippen molar-refractivity contribution in [1.29, 1.82) is 0 Å². The second-order valence-corrected chi connectivity index (χ2v) is 2.24. The van der Waals surface area contributed by atoms with Crippen molar-refractivity contribution in [3.8, 4) is 0 Å². The first-order valence-electron chi connectivity index (χ1n) is 3.21. The summed E-state index contributed by atoms with van der Waals surface area (Å²) in [6.45, 7) is 2.01. The number of hydrogen-bond acceptors (Lipinski definition) is 4. The summed E-state index contributed by atoms with van der Waals surface area (Å²) in [5, 5.41) is 9.96. The molecule has 2 heterocycles. The van der Waals surface area contributed by atoms with Gasteiger partial charge in [-0.2, -0.15) is 10.2 Å². The number of allylic oxidation sites excluding steroid dienone is 1. The van der Waals surface area contributed by atoms with Gasteiger partial charge in [-0.1, -0.05) is 0 Å². The van der Waals surface area contributed by atoms with Gasteiger partial charge in [0.05, 0.1) is 0 Å². The molecule has 0 aromatic rings. The fraction of sp³-hybridized carbons (Fsp3) is 0.333. The molecule has 2 aliphatic rings. The molecule has 1 unspecified atom stereocenters. The SMILES string of the molecule is CC1NN=C2C=CC=NN21. The molecule has 0 spiro atoms. The van der Waals surface area contributed by atoms with Crippen LogP contribution >= 0.6 is 0 Å². The number of hydrogen-bond donors (Lipinski definition) is 1. The smallest absolute Gasteiger partial charge is 0.170 e. The van der Waals surface area contributed by atoms with Gasteiger partial charge in [-0.15, -0.1) is 0 Å². The highest BCUT2D eigenvalue weighted by molar-refractivity contribution is 5.99. The van der Waals surface area contributed by atoms with E-state index in [-0.39, 0.29) is 6.17 Å². The molecule has 1 atom stereocenters. The van der Waals surface area contributed by atoms with E-state index in [1.807, 2.05) is 24.1 Å². The van der Waals surface area contributed by atoms with Crippen molar-refractivity contribution in [3.05, 3.63) is 12.2 Å². The van der Waals surface area contributed by atoms with Crippen LogP contribution in [0.15, 0.2) is 22.4 Å². The van der Waals surface area contributed by atoms with Gasteiger partial charge in [-0.25, -0.2) is 5.01 Å². The molecule has 0 fully saturated rings. The minimum absolute atomic E-state index is 0.191. The molecule has 4 heteroatoms. The predicted octanol–water partition coefficient (Wildman–Crippen LogP) is 0.107. The lowest BCUT2D eigenvalue weighted by atomic mass is 10.4. The first-order chi connectivity index (χ1) is 4.88. The van der Waals surface area contributed by atoms with Crippen molar-refractivity contribution in [2.24, 2.45) is 10.2 Å². The standard InChI is InChI=1S/C6H8N4/c1-5-8-9-6-3-2-4-7-10(5)6/h2-5,8H,1H3. The Bertz CT molecular complexity index is 228. The van der Waals surface area contributed by atoms with Gasteiger partial charge in [0.2, 0.25) is 0 Å². The number of hydrazone groups is 2. The van der Waals surface area contributed by atoms with E-state index < -0.39 is 0 Å². The van der Waals surface area contributed by atoms with Crippen molar-refractivity contribution >= 4 is 12.1 Å².